The molecular weight excluding hydrogens is 240 g/mol. The Kier molecular flexibility index (Phi) is 2.46. The summed E-state index contributed by atoms with van der Waals surface area (Å²) in [6.07, 6.45) is 0. The first-order valence-electron chi connectivity index (χ1n) is 5.04. The predicted molar refractivity (Wildman–Crippen MR) is 63.8 cm³/mol. The third-order valence-corrected chi connectivity index (χ3v) is 2.69. The number of rotatable bonds is 2. The van der Waals surface area contributed by atoms with Crippen molar-refractivity contribution in [1.29, 1.82) is 0 Å². The lowest BCUT2D eigenvalue weighted by Gasteiger charge is -2.05. The Morgan fingerprint density at radius 1 is 1.28 bits per heavy atom. The average Bonchev–Trinajstić information content (AvgIpc) is 2.61. The van der Waals surface area contributed by atoms with Gasteiger partial charge in [-0.3, -0.25) is 23.3 Å². The molecule has 0 saturated heterocycles. The van der Waals surface area contributed by atoms with Gasteiger partial charge >= 0.3 is 5.69 Å². The van der Waals surface area contributed by atoms with Gasteiger partial charge in [-0.2, -0.15) is 4.98 Å². The highest BCUT2D eigenvalue weighted by Gasteiger charge is 2.18. The summed E-state index contributed by atoms with van der Waals surface area (Å²) in [5.41, 5.74) is 9.82. The Balaban J connectivity index is 2.99. The van der Waals surface area contributed by atoms with Crippen LogP contribution in [0.2, 0.25) is 0 Å². The molecule has 18 heavy (non-hydrogen) atoms. The van der Waals surface area contributed by atoms with Gasteiger partial charge in [0.25, 0.3) is 5.56 Å². The first-order chi connectivity index (χ1) is 8.34. The van der Waals surface area contributed by atoms with E-state index in [0.29, 0.717) is 0 Å². The maximum atomic E-state index is 12.0. The van der Waals surface area contributed by atoms with E-state index in [2.05, 4.69) is 4.98 Å². The quantitative estimate of drug-likeness (QED) is 0.610. The van der Waals surface area contributed by atoms with Crippen molar-refractivity contribution >= 4 is 23.0 Å². The first kappa shape index (κ1) is 11.9. The second-order valence-corrected chi connectivity index (χ2v) is 3.90. The molecule has 0 fully saturated rings. The molecular formula is C9H12N6O3. The largest absolute Gasteiger partial charge is 0.369 e. The zero-order chi connectivity index (χ0) is 13.6. The molecule has 1 amide bonds. The lowest BCUT2D eigenvalue weighted by Crippen LogP contribution is -2.38. The average molecular weight is 252 g/mol. The highest BCUT2D eigenvalue weighted by molar-refractivity contribution is 5.79. The molecule has 4 N–H and O–H groups in total. The van der Waals surface area contributed by atoms with Gasteiger partial charge in [0.2, 0.25) is 11.9 Å². The molecule has 0 spiro atoms. The van der Waals surface area contributed by atoms with Crippen LogP contribution in [0.1, 0.15) is 0 Å². The fraction of sp³-hybridized carbons (Fsp3) is 0.333. The highest BCUT2D eigenvalue weighted by Crippen LogP contribution is 2.11. The third-order valence-electron chi connectivity index (χ3n) is 2.69. The normalized spacial score (nSPS) is 11.0. The highest BCUT2D eigenvalue weighted by atomic mass is 16.2. The van der Waals surface area contributed by atoms with E-state index in [1.165, 1.54) is 23.2 Å². The summed E-state index contributed by atoms with van der Waals surface area (Å²) in [7, 11) is 2.80. The number of imidazole rings is 1. The van der Waals surface area contributed by atoms with E-state index in [9.17, 15) is 14.4 Å². The van der Waals surface area contributed by atoms with Gasteiger partial charge in [-0.15, -0.1) is 0 Å². The van der Waals surface area contributed by atoms with E-state index in [4.69, 9.17) is 11.5 Å². The number of carbonyl (C=O) groups excluding carboxylic acids is 1. The minimum absolute atomic E-state index is 0.0397. The molecule has 0 aromatic carbocycles. The second-order valence-electron chi connectivity index (χ2n) is 3.90. The number of primary amides is 1. The number of nitrogens with two attached hydrogens (primary N) is 2. The Hall–Kier alpha value is -2.58. The van der Waals surface area contributed by atoms with E-state index < -0.39 is 17.2 Å². The Labute approximate surface area is 100 Å². The molecule has 0 aliphatic carbocycles. The maximum absolute atomic E-state index is 12.0. The van der Waals surface area contributed by atoms with Crippen LogP contribution in [0.5, 0.6) is 0 Å². The van der Waals surface area contributed by atoms with Crippen molar-refractivity contribution in [3.8, 4) is 0 Å². The van der Waals surface area contributed by atoms with Crippen LogP contribution in [0.3, 0.4) is 0 Å². The molecule has 0 atom stereocenters. The van der Waals surface area contributed by atoms with Crippen LogP contribution in [0.4, 0.5) is 5.95 Å². The van der Waals surface area contributed by atoms with Crippen molar-refractivity contribution in [2.45, 2.75) is 6.54 Å². The monoisotopic (exact) mass is 252 g/mol. The van der Waals surface area contributed by atoms with Crippen LogP contribution in [0, 0.1) is 0 Å². The molecule has 9 heteroatoms. The Bertz CT molecular complexity index is 765. The maximum Gasteiger partial charge on any atom is 0.332 e. The van der Waals surface area contributed by atoms with Gasteiger partial charge in [-0.1, -0.05) is 0 Å². The van der Waals surface area contributed by atoms with E-state index in [1.54, 1.807) is 0 Å². The van der Waals surface area contributed by atoms with E-state index >= 15 is 0 Å². The molecule has 2 heterocycles. The number of nitrogen functional groups attached to an aromatic ring is 1. The topological polar surface area (TPSA) is 131 Å². The van der Waals surface area contributed by atoms with Crippen LogP contribution in [-0.2, 0) is 25.4 Å². The van der Waals surface area contributed by atoms with Gasteiger partial charge in [-0.25, -0.2) is 4.79 Å². The summed E-state index contributed by atoms with van der Waals surface area (Å²) in [4.78, 5) is 38.6. The van der Waals surface area contributed by atoms with Crippen LogP contribution >= 0.6 is 0 Å². The summed E-state index contributed by atoms with van der Waals surface area (Å²) in [5.74, 6) is -0.695. The number of aromatic nitrogens is 4. The van der Waals surface area contributed by atoms with Crippen molar-refractivity contribution in [3.05, 3.63) is 20.8 Å². The van der Waals surface area contributed by atoms with Gasteiger partial charge in [0.05, 0.1) is 0 Å². The van der Waals surface area contributed by atoms with Crippen LogP contribution < -0.4 is 22.7 Å². The molecule has 9 nitrogen and oxygen atoms in total. The standard InChI is InChI=1S/C9H12N6O3/c1-13-6-5(7(17)14(2)9(13)18)15(3-4(10)16)8(11)12-6/h3H2,1-2H3,(H2,10,16)(H2,11,12). The minimum atomic E-state index is -0.656. The number of nitrogens with zero attached hydrogens (tertiary/aromatic N) is 4. The van der Waals surface area contributed by atoms with Gasteiger partial charge in [0.1, 0.15) is 6.54 Å². The van der Waals surface area contributed by atoms with Crippen LogP contribution in [-0.4, -0.2) is 24.6 Å². The van der Waals surface area contributed by atoms with Crippen molar-refractivity contribution in [3.63, 3.8) is 0 Å². The summed E-state index contributed by atoms with van der Waals surface area (Å²) >= 11 is 0. The SMILES string of the molecule is Cn1c(=O)c2c(nc(N)n2CC(N)=O)n(C)c1=O. The molecule has 0 saturated carbocycles. The van der Waals surface area contributed by atoms with Gasteiger partial charge in [0, 0.05) is 14.1 Å². The number of aryl methyl sites for hydroxylation is 1. The van der Waals surface area contributed by atoms with Crippen molar-refractivity contribution in [2.24, 2.45) is 19.8 Å². The van der Waals surface area contributed by atoms with Gasteiger partial charge in [0.15, 0.2) is 11.2 Å². The zero-order valence-corrected chi connectivity index (χ0v) is 9.88. The number of amides is 1. The Morgan fingerprint density at radius 3 is 2.44 bits per heavy atom. The molecule has 96 valence electrons. The first-order valence-corrected chi connectivity index (χ1v) is 5.04. The number of fused-ring (bicyclic) bond motifs is 1. The molecule has 0 aliphatic heterocycles. The molecule has 0 bridgehead atoms. The van der Waals surface area contributed by atoms with E-state index in [1.807, 2.05) is 0 Å². The molecule has 0 radical (unpaired) electrons. The molecule has 2 aromatic heterocycles. The van der Waals surface area contributed by atoms with Gasteiger partial charge < -0.3 is 11.5 Å². The molecule has 0 aliphatic rings. The molecule has 2 aromatic rings. The van der Waals surface area contributed by atoms with Crippen molar-refractivity contribution in [2.75, 3.05) is 5.73 Å². The number of hydrogen-bond donors (Lipinski definition) is 2. The van der Waals surface area contributed by atoms with Crippen LogP contribution in [0.15, 0.2) is 9.59 Å². The van der Waals surface area contributed by atoms with E-state index in [-0.39, 0.29) is 23.7 Å². The summed E-state index contributed by atoms with van der Waals surface area (Å²) in [6, 6.07) is 0. The third kappa shape index (κ3) is 1.48. The van der Waals surface area contributed by atoms with Crippen LogP contribution in [0.25, 0.3) is 11.2 Å². The summed E-state index contributed by atoms with van der Waals surface area (Å²) < 4.78 is 3.30. The lowest BCUT2D eigenvalue weighted by atomic mass is 10.4. The minimum Gasteiger partial charge on any atom is -0.369 e. The fourth-order valence-electron chi connectivity index (χ4n) is 1.78. The second kappa shape index (κ2) is 3.72. The fourth-order valence-corrected chi connectivity index (χ4v) is 1.78. The smallest absolute Gasteiger partial charge is 0.332 e. The van der Waals surface area contributed by atoms with Gasteiger partial charge in [-0.05, 0) is 0 Å². The summed E-state index contributed by atoms with van der Waals surface area (Å²) in [6.45, 7) is -0.268. The lowest BCUT2D eigenvalue weighted by molar-refractivity contribution is -0.118. The van der Waals surface area contributed by atoms with Crippen molar-refractivity contribution < 1.29 is 4.79 Å². The molecule has 2 rings (SSSR count). The predicted octanol–water partition coefficient (Wildman–Crippen LogP) is -2.50. The number of carbonyl (C=O) groups is 1. The summed E-state index contributed by atoms with van der Waals surface area (Å²) in [5, 5.41) is 0. The Morgan fingerprint density at radius 2 is 1.89 bits per heavy atom. The molecule has 0 unspecified atom stereocenters. The zero-order valence-electron chi connectivity index (χ0n) is 9.88. The number of hydrogen-bond acceptors (Lipinski definition) is 5. The van der Waals surface area contributed by atoms with Crippen molar-refractivity contribution in [1.82, 2.24) is 18.7 Å². The van der Waals surface area contributed by atoms with E-state index in [0.717, 1.165) is 4.57 Å². The number of anilines is 1.